The maximum absolute atomic E-state index is 15.1. The van der Waals surface area contributed by atoms with Crippen molar-refractivity contribution in [3.05, 3.63) is 76.6 Å². The first-order chi connectivity index (χ1) is 19.8. The number of hydrogen-bond acceptors (Lipinski definition) is 6. The molecule has 6 rings (SSSR count). The summed E-state index contributed by atoms with van der Waals surface area (Å²) in [6.45, 7) is 3.24. The Morgan fingerprint density at radius 3 is 2.76 bits per heavy atom. The second kappa shape index (κ2) is 11.1. The Kier molecular flexibility index (Phi) is 7.47. The number of halogens is 1. The van der Waals surface area contributed by atoms with E-state index in [-0.39, 0.29) is 23.2 Å². The number of fused-ring (bicyclic) bond motifs is 1. The quantitative estimate of drug-likeness (QED) is 0.337. The molecule has 8 heteroatoms. The fraction of sp³-hybridized carbons (Fsp3) is 0.455. The number of carboxylic acids is 1. The van der Waals surface area contributed by atoms with Crippen LogP contribution in [0.25, 0.3) is 11.3 Å². The first kappa shape index (κ1) is 27.7. The summed E-state index contributed by atoms with van der Waals surface area (Å²) in [6, 6.07) is 14.5. The second-order valence-electron chi connectivity index (χ2n) is 11.8. The first-order valence-corrected chi connectivity index (χ1v) is 14.6. The highest BCUT2D eigenvalue weighted by atomic mass is 19.1. The van der Waals surface area contributed by atoms with Crippen LogP contribution in [0, 0.1) is 11.7 Å². The summed E-state index contributed by atoms with van der Waals surface area (Å²) in [5, 5.41) is 19.9. The van der Waals surface area contributed by atoms with Gasteiger partial charge in [0.15, 0.2) is 0 Å². The van der Waals surface area contributed by atoms with Crippen molar-refractivity contribution in [3.63, 3.8) is 0 Å². The second-order valence-corrected chi connectivity index (χ2v) is 11.8. The van der Waals surface area contributed by atoms with Crippen LogP contribution >= 0.6 is 0 Å². The third-order valence-electron chi connectivity index (χ3n) is 9.21. The van der Waals surface area contributed by atoms with Crippen LogP contribution in [-0.2, 0) is 17.8 Å². The molecule has 0 radical (unpaired) electrons. The van der Waals surface area contributed by atoms with Gasteiger partial charge in [-0.1, -0.05) is 36.8 Å². The molecule has 3 aliphatic rings. The molecule has 41 heavy (non-hydrogen) atoms. The van der Waals surface area contributed by atoms with Gasteiger partial charge < -0.3 is 19.7 Å². The van der Waals surface area contributed by atoms with Crippen molar-refractivity contribution in [1.82, 2.24) is 9.88 Å². The molecule has 1 spiro atoms. The van der Waals surface area contributed by atoms with Crippen LogP contribution in [0.15, 0.2) is 48.5 Å². The number of benzene rings is 2. The van der Waals surface area contributed by atoms with Crippen LogP contribution in [0.4, 0.5) is 4.39 Å². The van der Waals surface area contributed by atoms with Crippen molar-refractivity contribution in [1.29, 1.82) is 0 Å². The molecule has 1 unspecified atom stereocenters. The highest BCUT2D eigenvalue weighted by Crippen LogP contribution is 2.49. The molecule has 3 aromatic rings. The number of aliphatic hydroxyl groups is 1. The third-order valence-corrected chi connectivity index (χ3v) is 9.21. The number of carbonyl (C=O) groups is 1. The summed E-state index contributed by atoms with van der Waals surface area (Å²) in [7, 11) is 1.53. The molecular formula is C33H37FN2O5. The van der Waals surface area contributed by atoms with Gasteiger partial charge in [0.25, 0.3) is 0 Å². The summed E-state index contributed by atoms with van der Waals surface area (Å²) < 4.78 is 26.9. The van der Waals surface area contributed by atoms with Crippen LogP contribution in [0.2, 0.25) is 0 Å². The van der Waals surface area contributed by atoms with Crippen molar-refractivity contribution >= 4 is 5.97 Å². The molecule has 1 aliphatic carbocycles. The van der Waals surface area contributed by atoms with Crippen LogP contribution < -0.4 is 9.47 Å². The van der Waals surface area contributed by atoms with Gasteiger partial charge in [0.2, 0.25) is 5.88 Å². The van der Waals surface area contributed by atoms with Gasteiger partial charge >= 0.3 is 5.97 Å². The lowest BCUT2D eigenvalue weighted by Gasteiger charge is -2.37. The maximum Gasteiger partial charge on any atom is 0.309 e. The molecule has 2 N–H and O–H groups in total. The SMILES string of the molecule is COc1ccc(F)c(-c2ccc(C3CCc4ccc([C@H](O)[C@H](C)C(=O)O)cc4O3)cc2CN2CCCCC23CC3)n1. The van der Waals surface area contributed by atoms with E-state index in [1.807, 2.05) is 18.2 Å². The van der Waals surface area contributed by atoms with Crippen LogP contribution in [0.5, 0.6) is 11.6 Å². The summed E-state index contributed by atoms with van der Waals surface area (Å²) >= 11 is 0. The highest BCUT2D eigenvalue weighted by molar-refractivity contribution is 5.70. The minimum atomic E-state index is -1.13. The van der Waals surface area contributed by atoms with Crippen molar-refractivity contribution in [2.75, 3.05) is 13.7 Å². The zero-order valence-corrected chi connectivity index (χ0v) is 23.6. The number of aliphatic carboxylic acids is 1. The van der Waals surface area contributed by atoms with Gasteiger partial charge in [-0.3, -0.25) is 9.69 Å². The predicted molar refractivity (Wildman–Crippen MR) is 152 cm³/mol. The zero-order valence-electron chi connectivity index (χ0n) is 23.6. The fourth-order valence-electron chi connectivity index (χ4n) is 6.45. The Balaban J connectivity index is 1.33. The van der Waals surface area contributed by atoms with Crippen molar-refractivity contribution < 1.29 is 28.9 Å². The van der Waals surface area contributed by atoms with Crippen LogP contribution in [-0.4, -0.2) is 45.3 Å². The first-order valence-electron chi connectivity index (χ1n) is 14.6. The average molecular weight is 561 g/mol. The Morgan fingerprint density at radius 1 is 1.17 bits per heavy atom. The molecule has 2 fully saturated rings. The lowest BCUT2D eigenvalue weighted by atomic mass is 9.91. The molecular weight excluding hydrogens is 523 g/mol. The Labute approximate surface area is 239 Å². The third kappa shape index (κ3) is 5.43. The summed E-state index contributed by atoms with van der Waals surface area (Å²) in [6.07, 6.45) is 6.28. The van der Waals surface area contributed by atoms with Crippen LogP contribution in [0.1, 0.15) is 79.9 Å². The fourth-order valence-corrected chi connectivity index (χ4v) is 6.45. The number of ether oxygens (including phenoxy) is 2. The molecule has 216 valence electrons. The van der Waals surface area contributed by atoms with Gasteiger partial charge in [-0.05, 0) is 86.4 Å². The molecule has 0 bridgehead atoms. The van der Waals surface area contributed by atoms with Crippen LogP contribution in [0.3, 0.4) is 0 Å². The summed E-state index contributed by atoms with van der Waals surface area (Å²) in [5.74, 6) is -1.34. The number of hydrogen-bond donors (Lipinski definition) is 2. The van der Waals surface area contributed by atoms with Gasteiger partial charge in [-0.2, -0.15) is 0 Å². The topological polar surface area (TPSA) is 92.1 Å². The van der Waals surface area contributed by atoms with Gasteiger partial charge in [0.1, 0.15) is 23.4 Å². The van der Waals surface area contributed by atoms with Gasteiger partial charge in [0, 0.05) is 23.7 Å². The van der Waals surface area contributed by atoms with E-state index < -0.39 is 18.0 Å². The van der Waals surface area contributed by atoms with Crippen molar-refractivity contribution in [2.24, 2.45) is 5.92 Å². The van der Waals surface area contributed by atoms with E-state index in [4.69, 9.17) is 9.47 Å². The number of aromatic nitrogens is 1. The minimum Gasteiger partial charge on any atom is -0.485 e. The monoisotopic (exact) mass is 560 g/mol. The minimum absolute atomic E-state index is 0.223. The molecule has 0 amide bonds. The maximum atomic E-state index is 15.1. The number of pyridine rings is 1. The Hall–Kier alpha value is -3.49. The average Bonchev–Trinajstić information content (AvgIpc) is 3.77. The normalized spacial score (nSPS) is 21.0. The highest BCUT2D eigenvalue weighted by Gasteiger charge is 2.48. The number of piperidine rings is 1. The molecule has 2 aliphatic heterocycles. The van der Waals surface area contributed by atoms with Gasteiger partial charge in [-0.15, -0.1) is 0 Å². The van der Waals surface area contributed by atoms with Gasteiger partial charge in [-0.25, -0.2) is 9.37 Å². The number of nitrogens with zero attached hydrogens (tertiary/aromatic N) is 2. The predicted octanol–water partition coefficient (Wildman–Crippen LogP) is 6.24. The zero-order chi connectivity index (χ0) is 28.7. The number of rotatable bonds is 8. The molecule has 1 aromatic heterocycles. The van der Waals surface area contributed by atoms with Crippen molar-refractivity contribution in [3.8, 4) is 22.9 Å². The van der Waals surface area contributed by atoms with Crippen molar-refractivity contribution in [2.45, 2.75) is 76.2 Å². The molecule has 3 atom stereocenters. The Morgan fingerprint density at radius 2 is 2.00 bits per heavy atom. The lowest BCUT2D eigenvalue weighted by molar-refractivity contribution is -0.145. The summed E-state index contributed by atoms with van der Waals surface area (Å²) in [4.78, 5) is 18.5. The molecule has 2 aromatic carbocycles. The molecule has 1 saturated heterocycles. The Bertz CT molecular complexity index is 1460. The van der Waals surface area contributed by atoms with E-state index in [0.717, 1.165) is 41.6 Å². The number of likely N-dealkylation sites (tertiary alicyclic amines) is 1. The number of methoxy groups -OCH3 is 1. The number of aryl methyl sites for hydroxylation is 1. The van der Waals surface area contributed by atoms with E-state index in [1.165, 1.54) is 58.3 Å². The van der Waals surface area contributed by atoms with Gasteiger partial charge in [0.05, 0.1) is 19.1 Å². The largest absolute Gasteiger partial charge is 0.485 e. The summed E-state index contributed by atoms with van der Waals surface area (Å²) in [5.41, 5.74) is 4.90. The van der Waals surface area contributed by atoms with E-state index >= 15 is 4.39 Å². The lowest BCUT2D eigenvalue weighted by Crippen LogP contribution is -2.40. The standard InChI is InChI=1S/C33H37FN2O5/c1-20(32(38)39)31(37)23-6-5-21-8-11-27(41-28(21)18-23)22-7-9-25(30-26(34)10-12-29(35-30)40-2)24(17-22)19-36-16-4-3-13-33(36)14-15-33/h5-7,9-10,12,17-18,20,27,31,37H,3-4,8,11,13-16,19H2,1-2H3,(H,38,39)/t20-,27?,31+/m0/s1. The van der Waals surface area contributed by atoms with E-state index in [9.17, 15) is 15.0 Å². The van der Waals surface area contributed by atoms with E-state index in [0.29, 0.717) is 23.7 Å². The number of carboxylic acid groups (broad SMARTS) is 1. The smallest absolute Gasteiger partial charge is 0.309 e. The van der Waals surface area contributed by atoms with E-state index in [2.05, 4.69) is 16.0 Å². The number of aliphatic hydroxyl groups excluding tert-OH is 1. The van der Waals surface area contributed by atoms with E-state index in [1.54, 1.807) is 12.1 Å². The molecule has 3 heterocycles. The molecule has 7 nitrogen and oxygen atoms in total. The molecule has 1 saturated carbocycles.